The van der Waals surface area contributed by atoms with Crippen LogP contribution in [0.25, 0.3) is 0 Å². The van der Waals surface area contributed by atoms with Crippen molar-refractivity contribution in [1.82, 2.24) is 14.9 Å². The van der Waals surface area contributed by atoms with Crippen molar-refractivity contribution in [3.8, 4) is 0 Å². The Morgan fingerprint density at radius 3 is 2.60 bits per heavy atom. The molecular weight excluding hydrogens is 246 g/mol. The molecule has 2 heterocycles. The van der Waals surface area contributed by atoms with Crippen molar-refractivity contribution in [3.63, 3.8) is 0 Å². The molecule has 0 unspecified atom stereocenters. The smallest absolute Gasteiger partial charge is 0.0955 e. The van der Waals surface area contributed by atoms with E-state index >= 15 is 0 Å². The summed E-state index contributed by atoms with van der Waals surface area (Å²) in [5, 5.41) is 3.53. The van der Waals surface area contributed by atoms with Gasteiger partial charge < -0.3 is 9.88 Å². The highest BCUT2D eigenvalue weighted by Crippen LogP contribution is 2.26. The number of hydrogen-bond acceptors (Lipinski definition) is 2. The molecule has 1 aromatic heterocycles. The molecule has 1 aromatic carbocycles. The minimum atomic E-state index is -0.00903. The lowest BCUT2D eigenvalue weighted by Crippen LogP contribution is -2.43. The number of rotatable bonds is 3. The lowest BCUT2D eigenvalue weighted by molar-refractivity contribution is 0.368. The van der Waals surface area contributed by atoms with Gasteiger partial charge in [-0.2, -0.15) is 0 Å². The van der Waals surface area contributed by atoms with Gasteiger partial charge in [0.1, 0.15) is 0 Å². The molecule has 0 radical (unpaired) electrons. The highest BCUT2D eigenvalue weighted by atomic mass is 15.1. The van der Waals surface area contributed by atoms with Gasteiger partial charge in [0.05, 0.1) is 17.6 Å². The summed E-state index contributed by atoms with van der Waals surface area (Å²) in [6.45, 7) is 8.55. The number of nitrogens with zero attached hydrogens (tertiary/aromatic N) is 2. The summed E-state index contributed by atoms with van der Waals surface area (Å²) in [4.78, 5) is 4.64. The second-order valence-corrected chi connectivity index (χ2v) is 6.14. The van der Waals surface area contributed by atoms with Crippen molar-refractivity contribution in [1.29, 1.82) is 0 Å². The van der Waals surface area contributed by atoms with Crippen LogP contribution >= 0.6 is 0 Å². The fraction of sp³-hybridized carbons (Fsp3) is 0.471. The van der Waals surface area contributed by atoms with Gasteiger partial charge in [0.2, 0.25) is 0 Å². The third kappa shape index (κ3) is 2.38. The van der Waals surface area contributed by atoms with Gasteiger partial charge >= 0.3 is 0 Å². The van der Waals surface area contributed by atoms with E-state index in [2.05, 4.69) is 59.9 Å². The standard InChI is InChI=1S/C17H23N3/c1-4-13-5-7-14(8-6-13)11-20-12-18-16-15(20)9-10-19-17(16,2)3/h5-8,12,19H,4,9-11H2,1-3H3. The van der Waals surface area contributed by atoms with Gasteiger partial charge in [-0.3, -0.25) is 0 Å². The number of hydrogen-bond donors (Lipinski definition) is 1. The monoisotopic (exact) mass is 269 g/mol. The Balaban J connectivity index is 1.86. The van der Waals surface area contributed by atoms with E-state index in [0.29, 0.717) is 0 Å². The maximum Gasteiger partial charge on any atom is 0.0955 e. The Hall–Kier alpha value is -1.61. The normalized spacial score (nSPS) is 16.9. The van der Waals surface area contributed by atoms with Crippen LogP contribution in [0, 0.1) is 0 Å². The second-order valence-electron chi connectivity index (χ2n) is 6.14. The zero-order valence-corrected chi connectivity index (χ0v) is 12.6. The summed E-state index contributed by atoms with van der Waals surface area (Å²) in [6, 6.07) is 8.92. The van der Waals surface area contributed by atoms with Gasteiger partial charge in [0.25, 0.3) is 0 Å². The Bertz CT molecular complexity index is 593. The van der Waals surface area contributed by atoms with Gasteiger partial charge in [-0.25, -0.2) is 4.98 Å². The van der Waals surface area contributed by atoms with E-state index < -0.39 is 0 Å². The molecule has 0 amide bonds. The lowest BCUT2D eigenvalue weighted by Gasteiger charge is -2.30. The summed E-state index contributed by atoms with van der Waals surface area (Å²) < 4.78 is 2.30. The zero-order valence-electron chi connectivity index (χ0n) is 12.6. The average Bonchev–Trinajstić information content (AvgIpc) is 2.84. The molecule has 0 atom stereocenters. The van der Waals surface area contributed by atoms with Crippen LogP contribution in [-0.4, -0.2) is 16.1 Å². The third-order valence-electron chi connectivity index (χ3n) is 4.25. The summed E-state index contributed by atoms with van der Waals surface area (Å²) >= 11 is 0. The Morgan fingerprint density at radius 1 is 1.20 bits per heavy atom. The Kier molecular flexibility index (Phi) is 3.38. The van der Waals surface area contributed by atoms with Crippen LogP contribution in [0.15, 0.2) is 30.6 Å². The quantitative estimate of drug-likeness (QED) is 0.928. The lowest BCUT2D eigenvalue weighted by atomic mass is 9.93. The van der Waals surface area contributed by atoms with Gasteiger partial charge in [0, 0.05) is 25.2 Å². The van der Waals surface area contributed by atoms with Gasteiger partial charge in [-0.15, -0.1) is 0 Å². The van der Waals surface area contributed by atoms with Gasteiger partial charge in [-0.1, -0.05) is 31.2 Å². The molecule has 3 heteroatoms. The SMILES string of the molecule is CCc1ccc(Cn2cnc3c2CCNC3(C)C)cc1. The molecule has 1 aliphatic rings. The van der Waals surface area contributed by atoms with E-state index in [9.17, 15) is 0 Å². The largest absolute Gasteiger partial charge is 0.330 e. The minimum Gasteiger partial charge on any atom is -0.330 e. The molecule has 0 aliphatic carbocycles. The van der Waals surface area contributed by atoms with Crippen LogP contribution in [0.5, 0.6) is 0 Å². The van der Waals surface area contributed by atoms with Crippen molar-refractivity contribution in [2.45, 2.75) is 45.7 Å². The van der Waals surface area contributed by atoms with Crippen LogP contribution < -0.4 is 5.32 Å². The second kappa shape index (κ2) is 5.06. The van der Waals surface area contributed by atoms with Crippen LogP contribution in [0.2, 0.25) is 0 Å². The first-order valence-electron chi connectivity index (χ1n) is 7.47. The predicted octanol–water partition coefficient (Wildman–Crippen LogP) is 2.87. The number of nitrogens with one attached hydrogen (secondary N) is 1. The predicted molar refractivity (Wildman–Crippen MR) is 81.9 cm³/mol. The van der Waals surface area contributed by atoms with Gasteiger partial charge in [0.15, 0.2) is 0 Å². The highest BCUT2D eigenvalue weighted by molar-refractivity contribution is 5.27. The van der Waals surface area contributed by atoms with Crippen LogP contribution in [0.1, 0.15) is 43.3 Å². The van der Waals surface area contributed by atoms with E-state index in [1.165, 1.54) is 22.5 Å². The fourth-order valence-corrected chi connectivity index (χ4v) is 2.98. The van der Waals surface area contributed by atoms with E-state index in [1.807, 2.05) is 6.33 Å². The van der Waals surface area contributed by atoms with Crippen LogP contribution in [0.3, 0.4) is 0 Å². The fourth-order valence-electron chi connectivity index (χ4n) is 2.98. The van der Waals surface area contributed by atoms with Crippen molar-refractivity contribution >= 4 is 0 Å². The zero-order chi connectivity index (χ0) is 14.2. The molecule has 0 bridgehead atoms. The number of aromatic nitrogens is 2. The van der Waals surface area contributed by atoms with Crippen molar-refractivity contribution < 1.29 is 0 Å². The molecular formula is C17H23N3. The molecule has 0 saturated carbocycles. The van der Waals surface area contributed by atoms with Crippen LogP contribution in [-0.2, 0) is 24.9 Å². The van der Waals surface area contributed by atoms with E-state index in [1.54, 1.807) is 0 Å². The first-order chi connectivity index (χ1) is 9.60. The number of aryl methyl sites for hydroxylation is 1. The summed E-state index contributed by atoms with van der Waals surface area (Å²) in [5.74, 6) is 0. The molecule has 3 rings (SSSR count). The average molecular weight is 269 g/mol. The van der Waals surface area contributed by atoms with E-state index in [0.717, 1.165) is 25.9 Å². The first kappa shape index (κ1) is 13.4. The van der Waals surface area contributed by atoms with Crippen molar-refractivity contribution in [2.24, 2.45) is 0 Å². The Morgan fingerprint density at radius 2 is 1.90 bits per heavy atom. The molecule has 2 aromatic rings. The minimum absolute atomic E-state index is 0.00903. The molecule has 1 aliphatic heterocycles. The van der Waals surface area contributed by atoms with Crippen LogP contribution in [0.4, 0.5) is 0 Å². The molecule has 0 saturated heterocycles. The maximum atomic E-state index is 4.64. The summed E-state index contributed by atoms with van der Waals surface area (Å²) in [7, 11) is 0. The van der Waals surface area contributed by atoms with E-state index in [-0.39, 0.29) is 5.54 Å². The maximum absolute atomic E-state index is 4.64. The Labute approximate surface area is 121 Å². The topological polar surface area (TPSA) is 29.9 Å². The first-order valence-corrected chi connectivity index (χ1v) is 7.47. The summed E-state index contributed by atoms with van der Waals surface area (Å²) in [5.41, 5.74) is 5.32. The van der Waals surface area contributed by atoms with E-state index in [4.69, 9.17) is 0 Å². The number of benzene rings is 1. The summed E-state index contributed by atoms with van der Waals surface area (Å²) in [6.07, 6.45) is 4.15. The molecule has 1 N–H and O–H groups in total. The number of fused-ring (bicyclic) bond motifs is 1. The molecule has 0 fully saturated rings. The molecule has 20 heavy (non-hydrogen) atoms. The molecule has 106 valence electrons. The van der Waals surface area contributed by atoms with Crippen molar-refractivity contribution in [3.05, 3.63) is 53.1 Å². The van der Waals surface area contributed by atoms with Gasteiger partial charge in [-0.05, 0) is 31.4 Å². The highest BCUT2D eigenvalue weighted by Gasteiger charge is 2.30. The number of imidazole rings is 1. The van der Waals surface area contributed by atoms with Crippen molar-refractivity contribution in [2.75, 3.05) is 6.54 Å². The molecule has 0 spiro atoms. The third-order valence-corrected chi connectivity index (χ3v) is 4.25. The molecule has 3 nitrogen and oxygen atoms in total.